The van der Waals surface area contributed by atoms with Crippen LogP contribution in [0.5, 0.6) is 28.7 Å². The van der Waals surface area contributed by atoms with Crippen LogP contribution in [0.2, 0.25) is 0 Å². The maximum absolute atomic E-state index is 12.7. The summed E-state index contributed by atoms with van der Waals surface area (Å²) in [4.78, 5) is 24.9. The Kier molecular flexibility index (Phi) is 8.23. The molecule has 224 valence electrons. The van der Waals surface area contributed by atoms with E-state index in [0.717, 1.165) is 18.2 Å². The van der Waals surface area contributed by atoms with E-state index in [1.807, 2.05) is 0 Å². The number of benzene rings is 3. The van der Waals surface area contributed by atoms with Crippen molar-refractivity contribution in [3.63, 3.8) is 0 Å². The third-order valence-electron chi connectivity index (χ3n) is 6.66. The average molecular weight is 595 g/mol. The van der Waals surface area contributed by atoms with Gasteiger partial charge in [-0.25, -0.2) is 4.79 Å². The zero-order valence-corrected chi connectivity index (χ0v) is 22.1. The van der Waals surface area contributed by atoms with E-state index < -0.39 is 60.2 Å². The van der Waals surface area contributed by atoms with E-state index in [0.29, 0.717) is 5.56 Å². The van der Waals surface area contributed by atoms with Crippen LogP contribution < -0.4 is 10.2 Å². The quantitative estimate of drug-likeness (QED) is 0.0923. The minimum atomic E-state index is -1.77. The molecule has 0 aliphatic carbocycles. The molecule has 43 heavy (non-hydrogen) atoms. The second kappa shape index (κ2) is 12.0. The second-order valence-corrected chi connectivity index (χ2v) is 9.68. The summed E-state index contributed by atoms with van der Waals surface area (Å²) in [7, 11) is 0. The first-order chi connectivity index (χ1) is 20.5. The van der Waals surface area contributed by atoms with Gasteiger partial charge in [0, 0.05) is 29.8 Å². The highest BCUT2D eigenvalue weighted by Gasteiger charge is 2.45. The zero-order valence-electron chi connectivity index (χ0n) is 22.1. The van der Waals surface area contributed by atoms with Gasteiger partial charge in [0.1, 0.15) is 65.0 Å². The number of ether oxygens (including phenoxy) is 3. The molecular formula is C30H26O13. The largest absolute Gasteiger partial charge is 0.508 e. The molecule has 13 heteroatoms. The lowest BCUT2D eigenvalue weighted by Gasteiger charge is -2.39. The van der Waals surface area contributed by atoms with Gasteiger partial charge in [-0.15, -0.1) is 0 Å². The summed E-state index contributed by atoms with van der Waals surface area (Å²) >= 11 is 0. The van der Waals surface area contributed by atoms with Crippen LogP contribution in [0, 0.1) is 0 Å². The summed E-state index contributed by atoms with van der Waals surface area (Å²) in [5, 5.41) is 70.3. The molecule has 2 heterocycles. The van der Waals surface area contributed by atoms with Crippen LogP contribution in [0.25, 0.3) is 28.4 Å². The Labute approximate surface area is 242 Å². The number of phenolic OH excluding ortho intramolecular Hbond substituents is 4. The predicted molar refractivity (Wildman–Crippen MR) is 148 cm³/mol. The number of carbonyl (C=O) groups is 1. The zero-order chi connectivity index (χ0) is 30.8. The molecule has 0 spiro atoms. The van der Waals surface area contributed by atoms with Crippen molar-refractivity contribution in [2.45, 2.75) is 30.7 Å². The summed E-state index contributed by atoms with van der Waals surface area (Å²) in [5.74, 6) is -2.25. The lowest BCUT2D eigenvalue weighted by Crippen LogP contribution is -2.60. The van der Waals surface area contributed by atoms with Crippen LogP contribution in [-0.2, 0) is 14.3 Å². The Balaban J connectivity index is 1.32. The van der Waals surface area contributed by atoms with Gasteiger partial charge in [-0.05, 0) is 42.0 Å². The number of hydrogen-bond acceptors (Lipinski definition) is 13. The van der Waals surface area contributed by atoms with Gasteiger partial charge >= 0.3 is 5.97 Å². The Morgan fingerprint density at radius 3 is 2.30 bits per heavy atom. The summed E-state index contributed by atoms with van der Waals surface area (Å²) in [6, 6.07) is 13.2. The van der Waals surface area contributed by atoms with Crippen molar-refractivity contribution in [1.82, 2.24) is 0 Å². The molecular weight excluding hydrogens is 568 g/mol. The molecule has 0 saturated carbocycles. The fourth-order valence-corrected chi connectivity index (χ4v) is 4.38. The third-order valence-corrected chi connectivity index (χ3v) is 6.66. The first kappa shape index (κ1) is 29.4. The fourth-order valence-electron chi connectivity index (χ4n) is 4.38. The van der Waals surface area contributed by atoms with Gasteiger partial charge in [0.2, 0.25) is 6.29 Å². The number of hydrogen-bond donors (Lipinski definition) is 7. The van der Waals surface area contributed by atoms with Crippen LogP contribution in [0.3, 0.4) is 0 Å². The smallest absolute Gasteiger partial charge is 0.330 e. The molecule has 1 saturated heterocycles. The van der Waals surface area contributed by atoms with Crippen molar-refractivity contribution in [3.05, 3.63) is 82.5 Å². The van der Waals surface area contributed by atoms with Crippen LogP contribution in [0.4, 0.5) is 0 Å². The van der Waals surface area contributed by atoms with E-state index in [1.54, 1.807) is 12.1 Å². The summed E-state index contributed by atoms with van der Waals surface area (Å²) in [5.41, 5.74) is 0.0978. The molecule has 5 rings (SSSR count). The van der Waals surface area contributed by atoms with E-state index in [9.17, 15) is 45.3 Å². The van der Waals surface area contributed by atoms with E-state index in [1.165, 1.54) is 42.5 Å². The van der Waals surface area contributed by atoms with Gasteiger partial charge in [-0.3, -0.25) is 4.79 Å². The molecule has 1 fully saturated rings. The van der Waals surface area contributed by atoms with Gasteiger partial charge in [0.25, 0.3) is 0 Å². The Bertz CT molecular complexity index is 1730. The van der Waals surface area contributed by atoms with E-state index >= 15 is 0 Å². The molecule has 7 N–H and O–H groups in total. The summed E-state index contributed by atoms with van der Waals surface area (Å²) in [6.45, 7) is -0.524. The van der Waals surface area contributed by atoms with Gasteiger partial charge in [0.15, 0.2) is 16.9 Å². The van der Waals surface area contributed by atoms with Gasteiger partial charge in [-0.2, -0.15) is 0 Å². The van der Waals surface area contributed by atoms with E-state index in [4.69, 9.17) is 18.6 Å². The normalized spacial score (nSPS) is 22.1. The fraction of sp³-hybridized carbons (Fsp3) is 0.200. The standard InChI is InChI=1S/C30H26O13/c31-16-5-1-14(2-6-16)3-8-25(36)40-13-24-27(37)28(38)29(39)30(43-24)41-17-10-20(34)26-21(35)12-22(42-23(26)11-17)15-4-7-18(32)19(33)9-15/h1-12,24,27-34,37-39H,13H2. The van der Waals surface area contributed by atoms with Crippen LogP contribution >= 0.6 is 0 Å². The molecule has 1 aliphatic heterocycles. The highest BCUT2D eigenvalue weighted by atomic mass is 16.7. The number of phenols is 4. The van der Waals surface area contributed by atoms with Crippen molar-refractivity contribution >= 4 is 23.0 Å². The Morgan fingerprint density at radius 1 is 0.837 bits per heavy atom. The summed E-state index contributed by atoms with van der Waals surface area (Å²) in [6.07, 6.45) is -5.59. The van der Waals surface area contributed by atoms with Crippen molar-refractivity contribution in [1.29, 1.82) is 0 Å². The van der Waals surface area contributed by atoms with Crippen molar-refractivity contribution in [3.8, 4) is 40.1 Å². The highest BCUT2D eigenvalue weighted by Crippen LogP contribution is 2.35. The van der Waals surface area contributed by atoms with Crippen LogP contribution in [0.1, 0.15) is 5.56 Å². The second-order valence-electron chi connectivity index (χ2n) is 9.68. The number of rotatable bonds is 7. The number of fused-ring (bicyclic) bond motifs is 1. The molecule has 1 aromatic heterocycles. The number of aromatic hydroxyl groups is 4. The molecule has 1 aliphatic rings. The van der Waals surface area contributed by atoms with Gasteiger partial charge in [0.05, 0.1) is 0 Å². The molecule has 0 radical (unpaired) electrons. The minimum absolute atomic E-state index is 0.00168. The summed E-state index contributed by atoms with van der Waals surface area (Å²) < 4.78 is 22.1. The average Bonchev–Trinajstić information content (AvgIpc) is 2.97. The van der Waals surface area contributed by atoms with Gasteiger partial charge < -0.3 is 54.4 Å². The minimum Gasteiger partial charge on any atom is -0.508 e. The maximum Gasteiger partial charge on any atom is 0.330 e. The first-order valence-corrected chi connectivity index (χ1v) is 12.8. The third kappa shape index (κ3) is 6.39. The van der Waals surface area contributed by atoms with Gasteiger partial charge in [-0.1, -0.05) is 12.1 Å². The predicted octanol–water partition coefficient (Wildman–Crippen LogP) is 1.73. The SMILES string of the molecule is O=C(C=Cc1ccc(O)cc1)OCC1OC(Oc2cc(O)c3c(=O)cc(-c4ccc(O)c(O)c4)oc3c2)C(O)C(O)C1O. The number of esters is 1. The van der Waals surface area contributed by atoms with E-state index in [-0.39, 0.29) is 39.5 Å². The van der Waals surface area contributed by atoms with Crippen LogP contribution in [0.15, 0.2) is 76.0 Å². The number of carbonyl (C=O) groups excluding carboxylic acids is 1. The monoisotopic (exact) mass is 594 g/mol. The molecule has 5 atom stereocenters. The Morgan fingerprint density at radius 2 is 1.58 bits per heavy atom. The molecule has 0 bridgehead atoms. The van der Waals surface area contributed by atoms with Crippen LogP contribution in [-0.4, -0.2) is 79.0 Å². The number of aliphatic hydroxyl groups is 3. The molecule has 3 aromatic carbocycles. The lowest BCUT2D eigenvalue weighted by atomic mass is 9.99. The molecule has 5 unspecified atom stereocenters. The number of aliphatic hydroxyl groups excluding tert-OH is 3. The molecule has 0 amide bonds. The van der Waals surface area contributed by atoms with Crippen molar-refractivity contribution in [2.24, 2.45) is 0 Å². The first-order valence-electron chi connectivity index (χ1n) is 12.8. The highest BCUT2D eigenvalue weighted by molar-refractivity contribution is 5.87. The maximum atomic E-state index is 12.7. The molecule has 13 nitrogen and oxygen atoms in total. The Hall–Kier alpha value is -5.08. The van der Waals surface area contributed by atoms with Crippen molar-refractivity contribution in [2.75, 3.05) is 6.61 Å². The topological polar surface area (TPSA) is 217 Å². The molecule has 4 aromatic rings. The van der Waals surface area contributed by atoms with Crippen molar-refractivity contribution < 1.29 is 59.2 Å². The van der Waals surface area contributed by atoms with E-state index in [2.05, 4.69) is 0 Å². The lowest BCUT2D eigenvalue weighted by molar-refractivity contribution is -0.278.